The number of nitro groups is 1. The maximum Gasteiger partial charge on any atom is 0.269 e. The van der Waals surface area contributed by atoms with Gasteiger partial charge in [0.05, 0.1) is 30.4 Å². The topological polar surface area (TPSA) is 109 Å². The number of nitrogens with one attached hydrogen (secondary N) is 1. The van der Waals surface area contributed by atoms with Gasteiger partial charge in [-0.25, -0.2) is 4.68 Å². The first-order valence-electron chi connectivity index (χ1n) is 10.4. The fraction of sp³-hybridized carbons (Fsp3) is 0.120. The smallest absolute Gasteiger partial charge is 0.269 e. The van der Waals surface area contributed by atoms with Crippen LogP contribution in [0, 0.1) is 10.1 Å². The zero-order chi connectivity index (χ0) is 24.1. The van der Waals surface area contributed by atoms with Crippen molar-refractivity contribution in [2.45, 2.75) is 6.54 Å². The number of carbonyl (C=O) groups excluding carboxylic acids is 1. The van der Waals surface area contributed by atoms with Crippen LogP contribution >= 0.6 is 0 Å². The Balaban J connectivity index is 1.68. The van der Waals surface area contributed by atoms with Crippen molar-refractivity contribution in [1.82, 2.24) is 15.1 Å². The number of methoxy groups -OCH3 is 2. The second-order valence-corrected chi connectivity index (χ2v) is 7.34. The van der Waals surface area contributed by atoms with Crippen LogP contribution in [0.2, 0.25) is 0 Å². The molecule has 9 nitrogen and oxygen atoms in total. The molecule has 1 heterocycles. The van der Waals surface area contributed by atoms with Crippen molar-refractivity contribution in [2.75, 3.05) is 14.2 Å². The third kappa shape index (κ3) is 4.73. The Hall–Kier alpha value is -4.66. The molecule has 0 fully saturated rings. The van der Waals surface area contributed by atoms with Crippen LogP contribution in [0.15, 0.2) is 79.0 Å². The average molecular weight is 458 g/mol. The van der Waals surface area contributed by atoms with E-state index < -0.39 is 4.92 Å². The van der Waals surface area contributed by atoms with Gasteiger partial charge in [0.1, 0.15) is 17.2 Å². The summed E-state index contributed by atoms with van der Waals surface area (Å²) >= 11 is 0. The molecule has 1 amide bonds. The van der Waals surface area contributed by atoms with Crippen LogP contribution < -0.4 is 14.8 Å². The Morgan fingerprint density at radius 2 is 1.76 bits per heavy atom. The van der Waals surface area contributed by atoms with Gasteiger partial charge in [-0.2, -0.15) is 5.10 Å². The summed E-state index contributed by atoms with van der Waals surface area (Å²) in [6.45, 7) is 0.201. The molecule has 9 heteroatoms. The van der Waals surface area contributed by atoms with Gasteiger partial charge in [0.2, 0.25) is 0 Å². The molecular weight excluding hydrogens is 436 g/mol. The summed E-state index contributed by atoms with van der Waals surface area (Å²) < 4.78 is 12.5. The number of para-hydroxylation sites is 1. The van der Waals surface area contributed by atoms with Crippen LogP contribution in [-0.4, -0.2) is 34.8 Å². The Kier molecular flexibility index (Phi) is 6.54. The summed E-state index contributed by atoms with van der Waals surface area (Å²) in [6, 6.07) is 20.8. The third-order valence-electron chi connectivity index (χ3n) is 5.24. The van der Waals surface area contributed by atoms with E-state index in [0.717, 1.165) is 11.3 Å². The Labute approximate surface area is 195 Å². The molecule has 1 aromatic heterocycles. The van der Waals surface area contributed by atoms with Gasteiger partial charge < -0.3 is 14.8 Å². The zero-order valence-electron chi connectivity index (χ0n) is 18.6. The minimum Gasteiger partial charge on any atom is -0.497 e. The van der Waals surface area contributed by atoms with Crippen molar-refractivity contribution in [3.63, 3.8) is 0 Å². The Morgan fingerprint density at radius 3 is 2.41 bits per heavy atom. The van der Waals surface area contributed by atoms with Crippen LogP contribution in [0.1, 0.15) is 15.9 Å². The number of hydrogen-bond acceptors (Lipinski definition) is 6. The summed E-state index contributed by atoms with van der Waals surface area (Å²) in [6.07, 6.45) is 1.67. The first-order chi connectivity index (χ1) is 16.5. The molecule has 34 heavy (non-hydrogen) atoms. The Morgan fingerprint density at radius 1 is 1.03 bits per heavy atom. The Bertz CT molecular complexity index is 1320. The number of rotatable bonds is 8. The van der Waals surface area contributed by atoms with E-state index in [9.17, 15) is 14.9 Å². The van der Waals surface area contributed by atoms with Gasteiger partial charge in [-0.15, -0.1) is 0 Å². The number of aromatic nitrogens is 2. The van der Waals surface area contributed by atoms with Gasteiger partial charge in [-0.05, 0) is 29.8 Å². The van der Waals surface area contributed by atoms with Gasteiger partial charge >= 0.3 is 0 Å². The van der Waals surface area contributed by atoms with Gasteiger partial charge in [-0.1, -0.05) is 30.3 Å². The standard InChI is InChI=1S/C25H22N4O5/c1-33-20-12-13-21(23(14-20)34-2)24-22(16-28(27-24)18-6-4-3-5-7-18)25(30)26-15-17-8-10-19(11-9-17)29(31)32/h3-14,16H,15H2,1-2H3,(H,26,30). The van der Waals surface area contributed by atoms with Gasteiger partial charge in [0, 0.05) is 36.5 Å². The molecule has 3 aromatic carbocycles. The highest BCUT2D eigenvalue weighted by Crippen LogP contribution is 2.34. The van der Waals surface area contributed by atoms with Crippen LogP contribution in [0.4, 0.5) is 5.69 Å². The van der Waals surface area contributed by atoms with E-state index in [4.69, 9.17) is 9.47 Å². The average Bonchev–Trinajstić information content (AvgIpc) is 3.33. The quantitative estimate of drug-likeness (QED) is 0.310. The summed E-state index contributed by atoms with van der Waals surface area (Å²) in [5.74, 6) is 0.794. The normalized spacial score (nSPS) is 10.5. The number of nitrogens with zero attached hydrogens (tertiary/aromatic N) is 3. The molecule has 4 aromatic rings. The van der Waals surface area contributed by atoms with E-state index in [-0.39, 0.29) is 18.1 Å². The molecule has 0 aliphatic carbocycles. The number of benzene rings is 3. The van der Waals surface area contributed by atoms with E-state index in [1.807, 2.05) is 30.3 Å². The first kappa shape index (κ1) is 22.5. The molecule has 0 aliphatic heterocycles. The number of hydrogen-bond donors (Lipinski definition) is 1. The van der Waals surface area contributed by atoms with Crippen LogP contribution in [0.25, 0.3) is 16.9 Å². The molecule has 1 N–H and O–H groups in total. The summed E-state index contributed by atoms with van der Waals surface area (Å²) in [5, 5.41) is 18.4. The molecule has 0 saturated heterocycles. The predicted octanol–water partition coefficient (Wildman–Crippen LogP) is 4.39. The molecule has 0 unspecified atom stereocenters. The van der Waals surface area contributed by atoms with Crippen molar-refractivity contribution < 1.29 is 19.2 Å². The van der Waals surface area contributed by atoms with E-state index in [0.29, 0.717) is 28.3 Å². The number of amides is 1. The predicted molar refractivity (Wildman–Crippen MR) is 126 cm³/mol. The van der Waals surface area contributed by atoms with E-state index >= 15 is 0 Å². The van der Waals surface area contributed by atoms with Crippen molar-refractivity contribution in [2.24, 2.45) is 0 Å². The molecule has 0 bridgehead atoms. The van der Waals surface area contributed by atoms with Crippen LogP contribution in [0.5, 0.6) is 11.5 Å². The molecule has 172 valence electrons. The fourth-order valence-electron chi connectivity index (χ4n) is 3.46. The molecular formula is C25H22N4O5. The lowest BCUT2D eigenvalue weighted by Gasteiger charge is -2.10. The minimum absolute atomic E-state index is 0.00639. The highest BCUT2D eigenvalue weighted by molar-refractivity contribution is 6.00. The van der Waals surface area contributed by atoms with Crippen LogP contribution in [-0.2, 0) is 6.54 Å². The summed E-state index contributed by atoms with van der Waals surface area (Å²) in [5.41, 5.74) is 2.97. The minimum atomic E-state index is -0.463. The third-order valence-corrected chi connectivity index (χ3v) is 5.24. The lowest BCUT2D eigenvalue weighted by Crippen LogP contribution is -2.23. The van der Waals surface area contributed by atoms with Gasteiger partial charge in [0.15, 0.2) is 0 Å². The fourth-order valence-corrected chi connectivity index (χ4v) is 3.46. The SMILES string of the molecule is COc1ccc(-c2nn(-c3ccccc3)cc2C(=O)NCc2ccc([N+](=O)[O-])cc2)c(OC)c1. The number of ether oxygens (including phenoxy) is 2. The summed E-state index contributed by atoms with van der Waals surface area (Å²) in [4.78, 5) is 23.6. The van der Waals surface area contributed by atoms with Gasteiger partial charge in [-0.3, -0.25) is 14.9 Å². The highest BCUT2D eigenvalue weighted by atomic mass is 16.6. The van der Waals surface area contributed by atoms with Crippen molar-refractivity contribution in [3.05, 3.63) is 100 Å². The maximum absolute atomic E-state index is 13.2. The lowest BCUT2D eigenvalue weighted by atomic mass is 10.1. The number of nitro benzene ring substituents is 1. The molecule has 0 radical (unpaired) electrons. The second-order valence-electron chi connectivity index (χ2n) is 7.34. The van der Waals surface area contributed by atoms with Crippen molar-refractivity contribution >= 4 is 11.6 Å². The molecule has 0 spiro atoms. The second kappa shape index (κ2) is 9.86. The maximum atomic E-state index is 13.2. The first-order valence-corrected chi connectivity index (χ1v) is 10.4. The molecule has 0 atom stereocenters. The molecule has 0 saturated carbocycles. The molecule has 4 rings (SSSR count). The van der Waals surface area contributed by atoms with E-state index in [1.165, 1.54) is 12.1 Å². The van der Waals surface area contributed by atoms with Gasteiger partial charge in [0.25, 0.3) is 11.6 Å². The lowest BCUT2D eigenvalue weighted by molar-refractivity contribution is -0.384. The summed E-state index contributed by atoms with van der Waals surface area (Å²) in [7, 11) is 3.11. The zero-order valence-corrected chi connectivity index (χ0v) is 18.6. The van der Waals surface area contributed by atoms with Crippen LogP contribution in [0.3, 0.4) is 0 Å². The molecule has 0 aliphatic rings. The monoisotopic (exact) mass is 458 g/mol. The van der Waals surface area contributed by atoms with Crippen molar-refractivity contribution in [3.8, 4) is 28.4 Å². The highest BCUT2D eigenvalue weighted by Gasteiger charge is 2.21. The van der Waals surface area contributed by atoms with E-state index in [1.54, 1.807) is 55.4 Å². The number of carbonyl (C=O) groups is 1. The van der Waals surface area contributed by atoms with Crippen molar-refractivity contribution in [1.29, 1.82) is 0 Å². The van der Waals surface area contributed by atoms with E-state index in [2.05, 4.69) is 10.4 Å². The number of non-ortho nitro benzene ring substituents is 1. The largest absolute Gasteiger partial charge is 0.497 e.